The molecular formula is C28H22N4O5. The molecule has 0 fully saturated rings. The standard InChI is InChI=1S/C28H22N4O5/c1-36-28(33)19-11-12-24-22(16-19)29-27(31(24)17-20-7-5-15-37-20)21-8-4-10-25(32(34)35)26(21)30-14-13-18-6-2-3-9-23(18)30/h2-12,15-16H,13-14,17H2,1H3. The lowest BCUT2D eigenvalue weighted by Gasteiger charge is -2.22. The van der Waals surface area contributed by atoms with E-state index in [1.54, 1.807) is 24.5 Å². The first kappa shape index (κ1) is 22.5. The summed E-state index contributed by atoms with van der Waals surface area (Å²) in [6, 6.07) is 21.8. The van der Waals surface area contributed by atoms with Gasteiger partial charge in [-0.15, -0.1) is 0 Å². The number of nitro groups is 1. The van der Waals surface area contributed by atoms with Crippen LogP contribution in [0.4, 0.5) is 17.1 Å². The number of rotatable bonds is 6. The molecule has 0 atom stereocenters. The van der Waals surface area contributed by atoms with E-state index in [2.05, 4.69) is 0 Å². The Kier molecular flexibility index (Phi) is 5.45. The number of esters is 1. The molecule has 5 aromatic rings. The fourth-order valence-corrected chi connectivity index (χ4v) is 5.01. The van der Waals surface area contributed by atoms with Gasteiger partial charge in [0.05, 0.1) is 41.4 Å². The summed E-state index contributed by atoms with van der Waals surface area (Å²) in [7, 11) is 1.33. The third kappa shape index (κ3) is 3.81. The molecule has 9 heteroatoms. The fourth-order valence-electron chi connectivity index (χ4n) is 5.01. The number of nitro benzene ring substituents is 1. The lowest BCUT2D eigenvalue weighted by atomic mass is 10.1. The van der Waals surface area contributed by atoms with Gasteiger partial charge < -0.3 is 18.6 Å². The van der Waals surface area contributed by atoms with Gasteiger partial charge >= 0.3 is 5.97 Å². The Labute approximate surface area is 211 Å². The van der Waals surface area contributed by atoms with E-state index in [0.29, 0.717) is 47.0 Å². The number of furan rings is 1. The van der Waals surface area contributed by atoms with Gasteiger partial charge in [-0.3, -0.25) is 10.1 Å². The molecule has 0 amide bonds. The van der Waals surface area contributed by atoms with Gasteiger partial charge in [0.2, 0.25) is 0 Å². The average molecular weight is 495 g/mol. The van der Waals surface area contributed by atoms with Gasteiger partial charge in [0.15, 0.2) is 0 Å². The highest BCUT2D eigenvalue weighted by molar-refractivity contribution is 5.96. The number of para-hydroxylation sites is 2. The molecule has 0 aliphatic carbocycles. The van der Waals surface area contributed by atoms with Crippen LogP contribution in [0.3, 0.4) is 0 Å². The summed E-state index contributed by atoms with van der Waals surface area (Å²) < 4.78 is 12.5. The monoisotopic (exact) mass is 494 g/mol. The zero-order chi connectivity index (χ0) is 25.5. The second-order valence-electron chi connectivity index (χ2n) is 8.76. The van der Waals surface area contributed by atoms with Crippen molar-refractivity contribution >= 4 is 34.1 Å². The van der Waals surface area contributed by atoms with Gasteiger partial charge in [0.1, 0.15) is 17.3 Å². The smallest absolute Gasteiger partial charge is 0.337 e. The topological polar surface area (TPSA) is 104 Å². The number of ether oxygens (including phenoxy) is 1. The van der Waals surface area contributed by atoms with Gasteiger partial charge in [-0.2, -0.15) is 0 Å². The minimum Gasteiger partial charge on any atom is -0.467 e. The van der Waals surface area contributed by atoms with Crippen molar-refractivity contribution in [2.24, 2.45) is 0 Å². The number of hydrogen-bond acceptors (Lipinski definition) is 7. The number of benzene rings is 3. The molecule has 3 aromatic carbocycles. The van der Waals surface area contributed by atoms with Crippen LogP contribution in [0.5, 0.6) is 0 Å². The Morgan fingerprint density at radius 1 is 1.11 bits per heavy atom. The van der Waals surface area contributed by atoms with E-state index in [1.165, 1.54) is 13.2 Å². The number of anilines is 2. The van der Waals surface area contributed by atoms with E-state index < -0.39 is 5.97 Å². The largest absolute Gasteiger partial charge is 0.467 e. The van der Waals surface area contributed by atoms with Crippen LogP contribution in [0, 0.1) is 10.1 Å². The maximum atomic E-state index is 12.2. The maximum Gasteiger partial charge on any atom is 0.337 e. The van der Waals surface area contributed by atoms with Crippen LogP contribution in [0.1, 0.15) is 21.7 Å². The molecule has 9 nitrogen and oxygen atoms in total. The van der Waals surface area contributed by atoms with Crippen LogP contribution in [0.25, 0.3) is 22.4 Å². The molecule has 0 unspecified atom stereocenters. The first-order chi connectivity index (χ1) is 18.0. The Morgan fingerprint density at radius 2 is 1.97 bits per heavy atom. The van der Waals surface area contributed by atoms with Gasteiger partial charge in [-0.05, 0) is 54.4 Å². The van der Waals surface area contributed by atoms with E-state index in [1.807, 2.05) is 58.0 Å². The molecule has 2 aromatic heterocycles. The molecule has 0 radical (unpaired) electrons. The molecule has 0 N–H and O–H groups in total. The molecule has 0 saturated carbocycles. The van der Waals surface area contributed by atoms with E-state index in [-0.39, 0.29) is 10.6 Å². The molecule has 0 saturated heterocycles. The quantitative estimate of drug-likeness (QED) is 0.169. The minimum atomic E-state index is -0.464. The third-order valence-corrected chi connectivity index (χ3v) is 6.67. The number of carbonyl (C=O) groups excluding carboxylic acids is 1. The summed E-state index contributed by atoms with van der Waals surface area (Å²) in [5.74, 6) is 0.779. The summed E-state index contributed by atoms with van der Waals surface area (Å²) >= 11 is 0. The zero-order valence-corrected chi connectivity index (χ0v) is 20.0. The molecule has 6 rings (SSSR count). The fraction of sp³-hybridized carbons (Fsp3) is 0.143. The van der Waals surface area contributed by atoms with Gasteiger partial charge in [0, 0.05) is 23.9 Å². The first-order valence-electron chi connectivity index (χ1n) is 11.8. The number of hydrogen-bond donors (Lipinski definition) is 0. The molecule has 0 bridgehead atoms. The van der Waals surface area contributed by atoms with Gasteiger partial charge in [-0.1, -0.05) is 24.3 Å². The summed E-state index contributed by atoms with van der Waals surface area (Å²) in [6.07, 6.45) is 2.39. The SMILES string of the molecule is COC(=O)c1ccc2c(c1)nc(-c1cccc([N+](=O)[O-])c1N1CCc3ccccc31)n2Cc1ccco1. The van der Waals surface area contributed by atoms with E-state index in [0.717, 1.165) is 23.2 Å². The van der Waals surface area contributed by atoms with Crippen LogP contribution in [-0.4, -0.2) is 34.1 Å². The minimum absolute atomic E-state index is 0.000979. The van der Waals surface area contributed by atoms with Crippen molar-refractivity contribution in [3.8, 4) is 11.4 Å². The Hall–Kier alpha value is -4.92. The lowest BCUT2D eigenvalue weighted by Crippen LogP contribution is -2.17. The Bertz CT molecular complexity index is 1650. The normalized spacial score (nSPS) is 12.6. The first-order valence-corrected chi connectivity index (χ1v) is 11.8. The molecule has 184 valence electrons. The van der Waals surface area contributed by atoms with Crippen molar-refractivity contribution < 1.29 is 18.9 Å². The Morgan fingerprint density at radius 3 is 2.76 bits per heavy atom. The van der Waals surface area contributed by atoms with Crippen molar-refractivity contribution in [2.75, 3.05) is 18.6 Å². The number of imidazole rings is 1. The summed E-state index contributed by atoms with van der Waals surface area (Å²) in [6.45, 7) is 0.969. The number of fused-ring (bicyclic) bond motifs is 2. The molecular weight excluding hydrogens is 472 g/mol. The highest BCUT2D eigenvalue weighted by Gasteiger charge is 2.31. The predicted molar refractivity (Wildman–Crippen MR) is 138 cm³/mol. The predicted octanol–water partition coefficient (Wildman–Crippen LogP) is 5.73. The number of nitrogens with zero attached hydrogens (tertiary/aromatic N) is 4. The average Bonchev–Trinajstić information content (AvgIpc) is 3.67. The number of aromatic nitrogens is 2. The van der Waals surface area contributed by atoms with E-state index in [9.17, 15) is 14.9 Å². The maximum absolute atomic E-state index is 12.2. The summed E-state index contributed by atoms with van der Waals surface area (Å²) in [5, 5.41) is 12.2. The second-order valence-corrected chi connectivity index (χ2v) is 8.76. The van der Waals surface area contributed by atoms with Crippen LogP contribution in [0.2, 0.25) is 0 Å². The zero-order valence-electron chi connectivity index (χ0n) is 20.0. The molecule has 1 aliphatic rings. The lowest BCUT2D eigenvalue weighted by molar-refractivity contribution is -0.384. The van der Waals surface area contributed by atoms with Gasteiger partial charge in [0.25, 0.3) is 5.69 Å². The molecule has 1 aliphatic heterocycles. The number of methoxy groups -OCH3 is 1. The van der Waals surface area contributed by atoms with Crippen molar-refractivity contribution in [1.29, 1.82) is 0 Å². The third-order valence-electron chi connectivity index (χ3n) is 6.67. The summed E-state index contributed by atoms with van der Waals surface area (Å²) in [5.41, 5.74) is 4.90. The van der Waals surface area contributed by atoms with Crippen molar-refractivity contribution in [2.45, 2.75) is 13.0 Å². The highest BCUT2D eigenvalue weighted by atomic mass is 16.6. The van der Waals surface area contributed by atoms with Gasteiger partial charge in [-0.25, -0.2) is 9.78 Å². The van der Waals surface area contributed by atoms with Crippen LogP contribution < -0.4 is 4.90 Å². The van der Waals surface area contributed by atoms with E-state index in [4.69, 9.17) is 14.1 Å². The van der Waals surface area contributed by atoms with Crippen LogP contribution in [0.15, 0.2) is 83.5 Å². The number of carbonyl (C=O) groups is 1. The van der Waals surface area contributed by atoms with E-state index >= 15 is 0 Å². The Balaban J connectivity index is 1.61. The van der Waals surface area contributed by atoms with Crippen LogP contribution >= 0.6 is 0 Å². The van der Waals surface area contributed by atoms with Crippen molar-refractivity contribution in [3.05, 3.63) is 106 Å². The second kappa shape index (κ2) is 8.94. The van der Waals surface area contributed by atoms with Crippen LogP contribution in [-0.2, 0) is 17.7 Å². The highest BCUT2D eigenvalue weighted by Crippen LogP contribution is 2.45. The van der Waals surface area contributed by atoms with Crippen molar-refractivity contribution in [3.63, 3.8) is 0 Å². The molecule has 37 heavy (non-hydrogen) atoms. The molecule has 3 heterocycles. The molecule has 0 spiro atoms. The van der Waals surface area contributed by atoms with Crippen molar-refractivity contribution in [1.82, 2.24) is 9.55 Å². The summed E-state index contributed by atoms with van der Waals surface area (Å²) in [4.78, 5) is 31.0.